The molecule has 0 radical (unpaired) electrons. The average Bonchev–Trinajstić information content (AvgIpc) is 3.26. The highest BCUT2D eigenvalue weighted by molar-refractivity contribution is 6.34. The predicted octanol–water partition coefficient (Wildman–Crippen LogP) is 5.34. The van der Waals surface area contributed by atoms with E-state index < -0.39 is 28.8 Å². The van der Waals surface area contributed by atoms with Gasteiger partial charge in [-0.25, -0.2) is 9.37 Å². The largest absolute Gasteiger partial charge is 0.462 e. The zero-order valence-corrected chi connectivity index (χ0v) is 25.6. The summed E-state index contributed by atoms with van der Waals surface area (Å²) in [5.41, 5.74) is 2.87. The van der Waals surface area contributed by atoms with Gasteiger partial charge in [-0.2, -0.15) is 23.1 Å². The first-order chi connectivity index (χ1) is 20.7. The number of likely N-dealkylation sites (N-methyl/N-ethyl adjacent to an activating group) is 1. The predicted molar refractivity (Wildman–Crippen MR) is 161 cm³/mol. The smallest absolute Gasteiger partial charge is 0.418 e. The Hall–Kier alpha value is -3.71. The molecule has 1 aromatic carbocycles. The van der Waals surface area contributed by atoms with E-state index in [0.29, 0.717) is 25.6 Å². The number of hydrogen-bond donors (Lipinski definition) is 1. The molecule has 2 saturated heterocycles. The highest BCUT2D eigenvalue weighted by Crippen LogP contribution is 2.44. The van der Waals surface area contributed by atoms with Gasteiger partial charge in [-0.3, -0.25) is 9.69 Å². The number of rotatable bonds is 6. The maximum Gasteiger partial charge on any atom is 0.418 e. The maximum atomic E-state index is 16.6. The molecule has 2 aliphatic rings. The van der Waals surface area contributed by atoms with Crippen LogP contribution in [-0.4, -0.2) is 82.6 Å². The summed E-state index contributed by atoms with van der Waals surface area (Å²) < 4.78 is 65.2. The van der Waals surface area contributed by atoms with Crippen molar-refractivity contribution in [3.8, 4) is 17.3 Å². The lowest BCUT2D eigenvalue weighted by Crippen LogP contribution is -2.53. The number of hydrogen-bond acceptors (Lipinski definition) is 8. The molecule has 0 saturated carbocycles. The van der Waals surface area contributed by atoms with Gasteiger partial charge in [-0.1, -0.05) is 25.1 Å². The molecule has 3 aromatic rings. The number of carbonyl (C=O) groups is 1. The van der Waals surface area contributed by atoms with Crippen molar-refractivity contribution in [1.29, 1.82) is 0 Å². The summed E-state index contributed by atoms with van der Waals surface area (Å²) in [6, 6.07) is 2.10. The van der Waals surface area contributed by atoms with Crippen molar-refractivity contribution < 1.29 is 27.1 Å². The van der Waals surface area contributed by atoms with Gasteiger partial charge >= 0.3 is 12.2 Å². The lowest BCUT2D eigenvalue weighted by molar-refractivity contribution is -0.137. The highest BCUT2D eigenvalue weighted by Gasteiger charge is 2.39. The van der Waals surface area contributed by atoms with Gasteiger partial charge in [0, 0.05) is 43.6 Å². The minimum absolute atomic E-state index is 0.0829. The van der Waals surface area contributed by atoms with Crippen molar-refractivity contribution in [2.75, 3.05) is 50.5 Å². The Labute approximate surface area is 257 Å². The molecule has 0 spiro atoms. The second-order valence-electron chi connectivity index (χ2n) is 11.6. The van der Waals surface area contributed by atoms with E-state index in [1.165, 1.54) is 19.1 Å². The molecule has 0 aliphatic carbocycles. The molecule has 2 N–H and O–H groups in total. The fourth-order valence-electron chi connectivity index (χ4n) is 6.22. The number of pyridine rings is 1. The molecule has 5 rings (SSSR count). The molecule has 236 valence electrons. The molecule has 9 nitrogen and oxygen atoms in total. The van der Waals surface area contributed by atoms with Crippen LogP contribution in [0.15, 0.2) is 24.8 Å². The Morgan fingerprint density at radius 1 is 1.20 bits per heavy atom. The quantitative estimate of drug-likeness (QED) is 0.286. The van der Waals surface area contributed by atoms with Crippen LogP contribution in [0.2, 0.25) is 5.02 Å². The molecule has 3 atom stereocenters. The van der Waals surface area contributed by atoms with Crippen LogP contribution in [0.5, 0.6) is 6.01 Å². The SMILES string of the molecule is C=CC(=O)N1CCN(c2nc(OC[C@@H]3C[C@@H](C)CN3C)nc3c(F)c(-c4nc(N)cc(C)c4C(F)(F)F)c(Cl)cc23)[C@@H](C)C1. The van der Waals surface area contributed by atoms with Gasteiger partial charge in [-0.15, -0.1) is 0 Å². The van der Waals surface area contributed by atoms with Crippen LogP contribution in [0.1, 0.15) is 31.4 Å². The number of anilines is 2. The number of aryl methyl sites for hydroxylation is 1. The fourth-order valence-corrected chi connectivity index (χ4v) is 6.51. The lowest BCUT2D eigenvalue weighted by atomic mass is 9.99. The van der Waals surface area contributed by atoms with Crippen LogP contribution >= 0.6 is 11.6 Å². The molecule has 1 amide bonds. The number of carbonyl (C=O) groups excluding carboxylic acids is 1. The monoisotopic (exact) mass is 635 g/mol. The number of ether oxygens (including phenoxy) is 1. The molecular weight excluding hydrogens is 602 g/mol. The molecule has 4 heterocycles. The fraction of sp³-hybridized carbons (Fsp3) is 0.467. The van der Waals surface area contributed by atoms with E-state index in [1.807, 2.05) is 18.9 Å². The van der Waals surface area contributed by atoms with E-state index in [1.54, 1.807) is 4.90 Å². The number of nitrogen functional groups attached to an aromatic ring is 1. The summed E-state index contributed by atoms with van der Waals surface area (Å²) in [5, 5.41) is -0.133. The minimum atomic E-state index is -4.86. The second-order valence-corrected chi connectivity index (χ2v) is 12.0. The van der Waals surface area contributed by atoms with Crippen LogP contribution in [-0.2, 0) is 11.0 Å². The molecule has 44 heavy (non-hydrogen) atoms. The van der Waals surface area contributed by atoms with Gasteiger partial charge in [-0.05, 0) is 57.0 Å². The lowest BCUT2D eigenvalue weighted by Gasteiger charge is -2.40. The van der Waals surface area contributed by atoms with Gasteiger partial charge < -0.3 is 20.3 Å². The van der Waals surface area contributed by atoms with E-state index in [9.17, 15) is 18.0 Å². The van der Waals surface area contributed by atoms with Crippen molar-refractivity contribution in [2.24, 2.45) is 5.92 Å². The van der Waals surface area contributed by atoms with Crippen LogP contribution in [0, 0.1) is 18.7 Å². The van der Waals surface area contributed by atoms with Gasteiger partial charge in [0.1, 0.15) is 23.8 Å². The number of amides is 1. The third-order valence-electron chi connectivity index (χ3n) is 8.29. The van der Waals surface area contributed by atoms with Crippen LogP contribution < -0.4 is 15.4 Å². The normalized spacial score (nSPS) is 21.2. The van der Waals surface area contributed by atoms with E-state index in [4.69, 9.17) is 22.1 Å². The summed E-state index contributed by atoms with van der Waals surface area (Å²) in [6.07, 6.45) is -2.73. The molecular formula is C30H34ClF4N7O2. The summed E-state index contributed by atoms with van der Waals surface area (Å²) >= 11 is 6.55. The number of nitrogens with zero attached hydrogens (tertiary/aromatic N) is 6. The first-order valence-corrected chi connectivity index (χ1v) is 14.6. The van der Waals surface area contributed by atoms with E-state index in [2.05, 4.69) is 33.4 Å². The van der Waals surface area contributed by atoms with Crippen LogP contribution in [0.25, 0.3) is 22.2 Å². The van der Waals surface area contributed by atoms with Crippen molar-refractivity contribution in [3.05, 3.63) is 46.8 Å². The standard InChI is InChI=1S/C30H34ClF4N7O2/c1-6-22(43)41-7-8-42(17(4)13-41)28-19-11-20(31)23(27-24(30(33,34)35)16(3)10-21(36)37-27)25(32)26(19)38-29(39-28)44-14-18-9-15(2)12-40(18)5/h6,10-11,15,17-18H,1,7-9,12-14H2,2-5H3,(H2,36,37)/t15-,17+,18+/m1/s1. The van der Waals surface area contributed by atoms with E-state index in [-0.39, 0.29) is 63.7 Å². The number of aromatic nitrogens is 3. The number of alkyl halides is 3. The van der Waals surface area contributed by atoms with Crippen molar-refractivity contribution in [1.82, 2.24) is 24.8 Å². The second kappa shape index (κ2) is 12.0. The molecule has 2 aromatic heterocycles. The number of fused-ring (bicyclic) bond motifs is 1. The number of likely N-dealkylation sites (tertiary alicyclic amines) is 1. The van der Waals surface area contributed by atoms with Gasteiger partial charge in [0.15, 0.2) is 5.82 Å². The minimum Gasteiger partial charge on any atom is -0.462 e. The Balaban J connectivity index is 1.67. The number of halogens is 5. The van der Waals surface area contributed by atoms with Crippen molar-refractivity contribution in [2.45, 2.75) is 45.5 Å². The topological polar surface area (TPSA) is 101 Å². The van der Waals surface area contributed by atoms with Crippen molar-refractivity contribution in [3.63, 3.8) is 0 Å². The molecule has 0 unspecified atom stereocenters. The zero-order valence-electron chi connectivity index (χ0n) is 24.9. The van der Waals surface area contributed by atoms with Gasteiger partial charge in [0.05, 0.1) is 21.8 Å². The van der Waals surface area contributed by atoms with Gasteiger partial charge in [0.25, 0.3) is 0 Å². The zero-order chi connectivity index (χ0) is 32.1. The Morgan fingerprint density at radius 3 is 2.55 bits per heavy atom. The number of nitrogens with two attached hydrogens (primary N) is 1. The number of benzene rings is 1. The molecule has 2 aliphatic heterocycles. The molecule has 0 bridgehead atoms. The third kappa shape index (κ3) is 5.99. The van der Waals surface area contributed by atoms with E-state index in [0.717, 1.165) is 19.0 Å². The summed E-state index contributed by atoms with van der Waals surface area (Å²) in [7, 11) is 1.99. The summed E-state index contributed by atoms with van der Waals surface area (Å²) in [5.74, 6) is -0.784. The van der Waals surface area contributed by atoms with Crippen LogP contribution in [0.3, 0.4) is 0 Å². The van der Waals surface area contributed by atoms with Gasteiger partial charge in [0.2, 0.25) is 5.91 Å². The first kappa shape index (κ1) is 31.7. The van der Waals surface area contributed by atoms with Crippen molar-refractivity contribution >= 4 is 40.0 Å². The number of piperazine rings is 1. The molecule has 14 heteroatoms. The Bertz CT molecular complexity index is 1620. The van der Waals surface area contributed by atoms with Crippen LogP contribution in [0.4, 0.5) is 29.2 Å². The first-order valence-electron chi connectivity index (χ1n) is 14.2. The average molecular weight is 636 g/mol. The van der Waals surface area contributed by atoms with E-state index >= 15 is 4.39 Å². The third-order valence-corrected chi connectivity index (χ3v) is 8.59. The Kier molecular flexibility index (Phi) is 8.65. The highest BCUT2D eigenvalue weighted by atomic mass is 35.5. The Morgan fingerprint density at radius 2 is 1.93 bits per heavy atom. The molecule has 2 fully saturated rings. The summed E-state index contributed by atoms with van der Waals surface area (Å²) in [4.78, 5) is 30.8. The maximum absolute atomic E-state index is 16.6. The summed E-state index contributed by atoms with van der Waals surface area (Å²) in [6.45, 7) is 11.0.